The second kappa shape index (κ2) is 13.8. The molecular formula is C27H35F5NO3PS. The number of thioether (sulfide) groups is 1. The highest BCUT2D eigenvalue weighted by Crippen LogP contribution is 2.45. The van der Waals surface area contributed by atoms with Gasteiger partial charge in [0.1, 0.15) is 11.6 Å². The summed E-state index contributed by atoms with van der Waals surface area (Å²) in [5.74, 6) is -0.579. The quantitative estimate of drug-likeness (QED) is 0.0978. The molecule has 1 fully saturated rings. The highest BCUT2D eigenvalue weighted by molar-refractivity contribution is 7.99. The molecule has 0 radical (unpaired) electrons. The maximum absolute atomic E-state index is 14.6. The van der Waals surface area contributed by atoms with Crippen molar-refractivity contribution in [2.24, 2.45) is 0 Å². The van der Waals surface area contributed by atoms with Gasteiger partial charge in [-0.15, -0.1) is 11.8 Å². The van der Waals surface area contributed by atoms with Crippen molar-refractivity contribution in [3.8, 4) is 0 Å². The maximum Gasteiger partial charge on any atom is 0.417 e. The topological polar surface area (TPSA) is 69.6 Å². The van der Waals surface area contributed by atoms with Crippen LogP contribution in [0.4, 0.5) is 22.0 Å². The minimum Gasteiger partial charge on any atom is -0.324 e. The molecule has 3 rings (SSSR count). The number of rotatable bonds is 13. The van der Waals surface area contributed by atoms with E-state index in [4.69, 9.17) is 9.79 Å². The van der Waals surface area contributed by atoms with E-state index in [-0.39, 0.29) is 47.4 Å². The molecule has 4 nitrogen and oxygen atoms in total. The van der Waals surface area contributed by atoms with Crippen LogP contribution in [0.2, 0.25) is 0 Å². The van der Waals surface area contributed by atoms with Gasteiger partial charge in [-0.1, -0.05) is 43.9 Å². The zero-order valence-corrected chi connectivity index (χ0v) is 22.9. The van der Waals surface area contributed by atoms with Crippen LogP contribution in [-0.2, 0) is 22.7 Å². The molecule has 0 heterocycles. The SMILES string of the molecule is O=P(O)(O)CCCNCc1cc(C(F)(F)F)c(SCCCCC2(c3ccccc3F)CCCCC2)cc1F. The zero-order valence-electron chi connectivity index (χ0n) is 21.2. The Balaban J connectivity index is 1.58. The Hall–Kier alpha value is -1.45. The average Bonchev–Trinajstić information content (AvgIpc) is 2.84. The number of alkyl halides is 3. The first kappa shape index (κ1) is 31.1. The van der Waals surface area contributed by atoms with Crippen molar-refractivity contribution < 1.29 is 36.3 Å². The second-order valence-corrected chi connectivity index (χ2v) is 12.9. The molecule has 0 spiro atoms. The molecule has 1 aliphatic rings. The van der Waals surface area contributed by atoms with E-state index >= 15 is 0 Å². The Kier molecular flexibility index (Phi) is 11.2. The first-order chi connectivity index (χ1) is 17.9. The number of hydrogen-bond acceptors (Lipinski definition) is 3. The van der Waals surface area contributed by atoms with E-state index in [2.05, 4.69) is 5.32 Å². The van der Waals surface area contributed by atoms with E-state index in [9.17, 15) is 26.5 Å². The summed E-state index contributed by atoms with van der Waals surface area (Å²) in [5, 5.41) is 2.74. The lowest BCUT2D eigenvalue weighted by Crippen LogP contribution is -2.30. The van der Waals surface area contributed by atoms with E-state index in [0.717, 1.165) is 74.4 Å². The van der Waals surface area contributed by atoms with Gasteiger partial charge in [-0.25, -0.2) is 8.78 Å². The predicted molar refractivity (Wildman–Crippen MR) is 140 cm³/mol. The summed E-state index contributed by atoms with van der Waals surface area (Å²) in [6, 6.07) is 8.58. The van der Waals surface area contributed by atoms with Crippen LogP contribution >= 0.6 is 19.4 Å². The normalized spacial score (nSPS) is 16.1. The molecule has 0 aliphatic heterocycles. The van der Waals surface area contributed by atoms with Gasteiger partial charge in [-0.2, -0.15) is 13.2 Å². The molecule has 0 bridgehead atoms. The van der Waals surface area contributed by atoms with E-state index in [0.29, 0.717) is 12.2 Å². The lowest BCUT2D eigenvalue weighted by atomic mass is 9.66. The van der Waals surface area contributed by atoms with Crippen LogP contribution < -0.4 is 5.32 Å². The Morgan fingerprint density at radius 3 is 2.34 bits per heavy atom. The number of unbranched alkanes of at least 4 members (excludes halogenated alkanes) is 1. The Labute approximate surface area is 225 Å². The lowest BCUT2D eigenvalue weighted by Gasteiger charge is -2.38. The van der Waals surface area contributed by atoms with Gasteiger partial charge in [-0.05, 0) is 73.6 Å². The third kappa shape index (κ3) is 9.05. The Bertz CT molecular complexity index is 1100. The minimum atomic E-state index is -4.65. The Morgan fingerprint density at radius 2 is 1.68 bits per heavy atom. The molecule has 212 valence electrons. The van der Waals surface area contributed by atoms with Gasteiger partial charge in [0.15, 0.2) is 0 Å². The molecule has 2 aromatic carbocycles. The van der Waals surface area contributed by atoms with Crippen LogP contribution in [0.5, 0.6) is 0 Å². The number of halogens is 5. The number of nitrogens with one attached hydrogen (secondary N) is 1. The zero-order chi connectivity index (χ0) is 27.8. The molecule has 0 saturated heterocycles. The van der Waals surface area contributed by atoms with Gasteiger partial charge in [0.25, 0.3) is 0 Å². The minimum absolute atomic E-state index is 0.115. The predicted octanol–water partition coefficient (Wildman–Crippen LogP) is 7.81. The van der Waals surface area contributed by atoms with Gasteiger partial charge < -0.3 is 15.1 Å². The molecule has 1 saturated carbocycles. The smallest absolute Gasteiger partial charge is 0.324 e. The molecule has 2 aromatic rings. The molecule has 0 aromatic heterocycles. The van der Waals surface area contributed by atoms with Gasteiger partial charge in [0.2, 0.25) is 0 Å². The van der Waals surface area contributed by atoms with Crippen molar-refractivity contribution in [2.75, 3.05) is 18.5 Å². The van der Waals surface area contributed by atoms with Crippen molar-refractivity contribution in [3.63, 3.8) is 0 Å². The summed E-state index contributed by atoms with van der Waals surface area (Å²) < 4.78 is 81.4. The standard InChI is InChI=1S/C27H35F5NO3PS/c28-23-10-3-2-9-21(23)26(11-4-1-5-12-26)13-6-7-16-38-25-18-24(29)20(17-22(25)27(30,31)32)19-33-14-8-15-37(34,35)36/h2-3,9-10,17-18,33H,1,4-8,11-16,19H2,(H2,34,35,36). The first-order valence-electron chi connectivity index (χ1n) is 12.9. The van der Waals surface area contributed by atoms with E-state index < -0.39 is 25.2 Å². The van der Waals surface area contributed by atoms with Crippen molar-refractivity contribution in [1.29, 1.82) is 0 Å². The molecule has 0 unspecified atom stereocenters. The molecular weight excluding hydrogens is 544 g/mol. The van der Waals surface area contributed by atoms with Crippen LogP contribution in [0.25, 0.3) is 0 Å². The fraction of sp³-hybridized carbons (Fsp3) is 0.556. The van der Waals surface area contributed by atoms with Crippen LogP contribution in [0.15, 0.2) is 41.3 Å². The van der Waals surface area contributed by atoms with Crippen LogP contribution in [0.3, 0.4) is 0 Å². The monoisotopic (exact) mass is 579 g/mol. The summed E-state index contributed by atoms with van der Waals surface area (Å²) in [7, 11) is -4.15. The summed E-state index contributed by atoms with van der Waals surface area (Å²) in [5.41, 5.74) is -0.551. The van der Waals surface area contributed by atoms with Gasteiger partial charge in [-0.3, -0.25) is 4.57 Å². The highest BCUT2D eigenvalue weighted by Gasteiger charge is 2.36. The van der Waals surface area contributed by atoms with E-state index in [1.165, 1.54) is 6.07 Å². The highest BCUT2D eigenvalue weighted by atomic mass is 32.2. The van der Waals surface area contributed by atoms with Crippen LogP contribution in [0, 0.1) is 11.6 Å². The molecule has 38 heavy (non-hydrogen) atoms. The van der Waals surface area contributed by atoms with Crippen molar-refractivity contribution in [3.05, 3.63) is 64.7 Å². The summed E-state index contributed by atoms with van der Waals surface area (Å²) in [6.07, 6.45) is 2.23. The van der Waals surface area contributed by atoms with Gasteiger partial charge in [0, 0.05) is 17.0 Å². The third-order valence-electron chi connectivity index (χ3n) is 7.14. The molecule has 3 N–H and O–H groups in total. The first-order valence-corrected chi connectivity index (χ1v) is 15.7. The van der Waals surface area contributed by atoms with Crippen molar-refractivity contribution >= 4 is 19.4 Å². The summed E-state index contributed by atoms with van der Waals surface area (Å²) >= 11 is 0.975. The summed E-state index contributed by atoms with van der Waals surface area (Å²) in [6.45, 7) is -0.0457. The van der Waals surface area contributed by atoms with E-state index in [1.807, 2.05) is 12.1 Å². The maximum atomic E-state index is 14.6. The number of benzene rings is 2. The largest absolute Gasteiger partial charge is 0.417 e. The third-order valence-corrected chi connectivity index (χ3v) is 9.18. The fourth-order valence-corrected chi connectivity index (χ4v) is 6.89. The number of hydrogen-bond donors (Lipinski definition) is 3. The van der Waals surface area contributed by atoms with Gasteiger partial charge >= 0.3 is 13.8 Å². The average molecular weight is 580 g/mol. The second-order valence-electron chi connectivity index (χ2n) is 9.98. The molecule has 0 amide bonds. The van der Waals surface area contributed by atoms with Crippen molar-refractivity contribution in [1.82, 2.24) is 5.32 Å². The molecule has 0 atom stereocenters. The van der Waals surface area contributed by atoms with Gasteiger partial charge in [0.05, 0.1) is 11.7 Å². The Morgan fingerprint density at radius 1 is 0.974 bits per heavy atom. The van der Waals surface area contributed by atoms with Crippen LogP contribution in [0.1, 0.15) is 74.5 Å². The van der Waals surface area contributed by atoms with Crippen LogP contribution in [-0.4, -0.2) is 28.2 Å². The fourth-order valence-electron chi connectivity index (χ4n) is 5.23. The van der Waals surface area contributed by atoms with E-state index in [1.54, 1.807) is 6.07 Å². The van der Waals surface area contributed by atoms with Crippen molar-refractivity contribution in [2.45, 2.75) is 80.8 Å². The summed E-state index contributed by atoms with van der Waals surface area (Å²) in [4.78, 5) is 17.6. The molecule has 1 aliphatic carbocycles. The molecule has 11 heteroatoms. The lowest BCUT2D eigenvalue weighted by molar-refractivity contribution is -0.139.